The highest BCUT2D eigenvalue weighted by Gasteiger charge is 2.48. The summed E-state index contributed by atoms with van der Waals surface area (Å²) in [4.78, 5) is 5.43. The number of fused-ring (bicyclic) bond motifs is 9. The summed E-state index contributed by atoms with van der Waals surface area (Å²) in [5.74, 6) is 0. The average molecular weight is 957 g/mol. The Kier molecular flexibility index (Phi) is 10.4. The van der Waals surface area contributed by atoms with Crippen LogP contribution in [0.15, 0.2) is 109 Å². The first-order valence-corrected chi connectivity index (χ1v) is 27.5. The molecule has 2 aliphatic heterocycles. The SMILES string of the molecule is Cc1cc2c3c(c1)N(c1ccc(C(C)(C)C)cc1-c1ccc(C(C)(C)C)cc1)c1c(sc4ccc(C(C)(C)C)cc14)B3c1sc3ccc(C(C)(C)C)cc3c1N2c1ccc2c(c1)C(C)(C)CCC2(C)C. The van der Waals surface area contributed by atoms with Crippen molar-refractivity contribution in [3.8, 4) is 11.1 Å². The fourth-order valence-electron chi connectivity index (χ4n) is 11.9. The van der Waals surface area contributed by atoms with E-state index in [1.807, 2.05) is 22.7 Å². The summed E-state index contributed by atoms with van der Waals surface area (Å²) in [6.45, 7) is 40.3. The van der Waals surface area contributed by atoms with Crippen LogP contribution in [0.1, 0.15) is 163 Å². The lowest BCUT2D eigenvalue weighted by Crippen LogP contribution is -2.59. The Morgan fingerprint density at radius 2 is 0.914 bits per heavy atom. The van der Waals surface area contributed by atoms with Gasteiger partial charge in [0.2, 0.25) is 0 Å². The smallest absolute Gasteiger partial charge is 0.277 e. The highest BCUT2D eigenvalue weighted by atomic mass is 32.1. The zero-order valence-electron chi connectivity index (χ0n) is 45.1. The Hall–Kier alpha value is -5.10. The van der Waals surface area contributed by atoms with Crippen LogP contribution in [0.2, 0.25) is 0 Å². The van der Waals surface area contributed by atoms with Gasteiger partial charge in [0, 0.05) is 52.4 Å². The Bertz CT molecular complexity index is 3440. The van der Waals surface area contributed by atoms with Gasteiger partial charge in [0.15, 0.2) is 0 Å². The molecule has 0 bridgehead atoms. The van der Waals surface area contributed by atoms with Gasteiger partial charge in [-0.25, -0.2) is 0 Å². The molecule has 0 radical (unpaired) electrons. The van der Waals surface area contributed by atoms with E-state index in [-0.39, 0.29) is 39.2 Å². The number of thiophene rings is 2. The minimum Gasteiger partial charge on any atom is -0.310 e. The van der Waals surface area contributed by atoms with Crippen molar-refractivity contribution in [1.29, 1.82) is 0 Å². The number of rotatable bonds is 3. The molecule has 6 aromatic carbocycles. The number of aryl methyl sites for hydroxylation is 1. The van der Waals surface area contributed by atoms with Crippen LogP contribution in [0, 0.1) is 6.92 Å². The summed E-state index contributed by atoms with van der Waals surface area (Å²) in [5, 5.41) is 2.70. The summed E-state index contributed by atoms with van der Waals surface area (Å²) in [6, 6.07) is 44.1. The number of benzene rings is 6. The molecule has 70 heavy (non-hydrogen) atoms. The fraction of sp³-hybridized carbons (Fsp3) is 0.385. The summed E-state index contributed by atoms with van der Waals surface area (Å²) >= 11 is 4.04. The van der Waals surface area contributed by atoms with E-state index in [2.05, 4.69) is 237 Å². The molecule has 0 fully saturated rings. The Morgan fingerprint density at radius 3 is 1.44 bits per heavy atom. The normalized spacial score (nSPS) is 16.4. The molecule has 0 unspecified atom stereocenters. The lowest BCUT2D eigenvalue weighted by atomic mass is 9.39. The first kappa shape index (κ1) is 47.2. The second-order valence-corrected chi connectivity index (χ2v) is 28.8. The summed E-state index contributed by atoms with van der Waals surface area (Å²) in [6.07, 6.45) is 2.37. The molecular weight excluding hydrogens is 884 g/mol. The van der Waals surface area contributed by atoms with Crippen LogP contribution >= 0.6 is 22.7 Å². The first-order chi connectivity index (χ1) is 32.6. The minimum atomic E-state index is -0.0282. The maximum absolute atomic E-state index is 2.72. The maximum atomic E-state index is 2.72. The Balaban J connectivity index is 1.27. The molecule has 0 saturated heterocycles. The lowest BCUT2D eigenvalue weighted by molar-refractivity contribution is 0.332. The molecule has 358 valence electrons. The molecule has 0 spiro atoms. The molecule has 11 rings (SSSR count). The predicted octanol–water partition coefficient (Wildman–Crippen LogP) is 17.7. The van der Waals surface area contributed by atoms with Crippen LogP contribution in [0.3, 0.4) is 0 Å². The van der Waals surface area contributed by atoms with Gasteiger partial charge in [-0.1, -0.05) is 159 Å². The van der Waals surface area contributed by atoms with Crippen molar-refractivity contribution in [3.05, 3.63) is 148 Å². The van der Waals surface area contributed by atoms with Gasteiger partial charge in [-0.2, -0.15) is 0 Å². The van der Waals surface area contributed by atoms with Gasteiger partial charge >= 0.3 is 0 Å². The molecule has 5 heteroatoms. The highest BCUT2D eigenvalue weighted by Crippen LogP contribution is 2.55. The number of hydrogen-bond acceptors (Lipinski definition) is 4. The third-order valence-electron chi connectivity index (χ3n) is 16.4. The molecule has 2 aromatic heterocycles. The zero-order chi connectivity index (χ0) is 50.0. The van der Waals surface area contributed by atoms with E-state index in [1.54, 1.807) is 0 Å². The fourth-order valence-corrected chi connectivity index (χ4v) is 14.5. The van der Waals surface area contributed by atoms with E-state index in [1.165, 1.54) is 132 Å². The van der Waals surface area contributed by atoms with E-state index < -0.39 is 0 Å². The van der Waals surface area contributed by atoms with Gasteiger partial charge in [-0.3, -0.25) is 0 Å². The molecule has 0 saturated carbocycles. The van der Waals surface area contributed by atoms with Crippen LogP contribution in [-0.4, -0.2) is 6.71 Å². The molecule has 0 atom stereocenters. The summed E-state index contributed by atoms with van der Waals surface area (Å²) in [5.41, 5.74) is 21.6. The van der Waals surface area contributed by atoms with Crippen LogP contribution in [0.25, 0.3) is 31.3 Å². The molecule has 4 heterocycles. The van der Waals surface area contributed by atoms with Crippen LogP contribution in [-0.2, 0) is 32.5 Å². The molecule has 0 N–H and O–H groups in total. The second kappa shape index (κ2) is 15.5. The molecule has 1 aliphatic carbocycles. The van der Waals surface area contributed by atoms with E-state index in [0.717, 1.165) is 0 Å². The molecule has 8 aromatic rings. The summed E-state index contributed by atoms with van der Waals surface area (Å²) in [7, 11) is 0. The number of nitrogens with zero attached hydrogens (tertiary/aromatic N) is 2. The number of hydrogen-bond donors (Lipinski definition) is 0. The van der Waals surface area contributed by atoms with Crippen molar-refractivity contribution in [2.45, 2.75) is 163 Å². The third-order valence-corrected chi connectivity index (χ3v) is 18.8. The standard InChI is InChI=1S/C65H73BN2S2/c1-38-32-51-55-52(33-38)68(50-27-22-41(61(5,6)7)34-45(50)39-18-20-40(21-19-39)60(2,3)4)57-47-36-43(63(11,12)13)24-29-54(47)70-59(57)66(55)58-56(46-35-42(62(8,9)10)23-28-53(46)69-58)67(51)44-25-26-48-49(37-44)65(16,17)31-30-64(48,14)15/h18-29,32-37H,30-31H2,1-17H3. The van der Waals surface area contributed by atoms with Gasteiger partial charge in [0.05, 0.1) is 17.1 Å². The Labute approximate surface area is 428 Å². The van der Waals surface area contributed by atoms with Gasteiger partial charge in [0.1, 0.15) is 0 Å². The van der Waals surface area contributed by atoms with Crippen LogP contribution in [0.5, 0.6) is 0 Å². The third kappa shape index (κ3) is 7.45. The maximum Gasteiger partial charge on any atom is 0.277 e. The number of anilines is 6. The van der Waals surface area contributed by atoms with E-state index in [0.29, 0.717) is 0 Å². The van der Waals surface area contributed by atoms with Crippen molar-refractivity contribution in [3.63, 3.8) is 0 Å². The van der Waals surface area contributed by atoms with Crippen molar-refractivity contribution < 1.29 is 0 Å². The quantitative estimate of drug-likeness (QED) is 0.163. The first-order valence-electron chi connectivity index (χ1n) is 25.9. The summed E-state index contributed by atoms with van der Waals surface area (Å²) < 4.78 is 5.58. The van der Waals surface area contributed by atoms with Crippen LogP contribution < -0.4 is 24.8 Å². The van der Waals surface area contributed by atoms with Crippen molar-refractivity contribution in [1.82, 2.24) is 0 Å². The minimum absolute atomic E-state index is 0.00760. The largest absolute Gasteiger partial charge is 0.310 e. The molecule has 3 aliphatic rings. The van der Waals surface area contributed by atoms with Gasteiger partial charge in [-0.15, -0.1) is 22.7 Å². The van der Waals surface area contributed by atoms with E-state index in [4.69, 9.17) is 0 Å². The predicted molar refractivity (Wildman–Crippen MR) is 311 cm³/mol. The van der Waals surface area contributed by atoms with Crippen molar-refractivity contribution >= 4 is 98.7 Å². The van der Waals surface area contributed by atoms with Gasteiger partial charge in [0.25, 0.3) is 6.71 Å². The monoisotopic (exact) mass is 957 g/mol. The second-order valence-electron chi connectivity index (χ2n) is 26.7. The van der Waals surface area contributed by atoms with Gasteiger partial charge in [-0.05, 0) is 163 Å². The van der Waals surface area contributed by atoms with Crippen molar-refractivity contribution in [2.75, 3.05) is 9.80 Å². The lowest BCUT2D eigenvalue weighted by Gasteiger charge is -2.44. The van der Waals surface area contributed by atoms with Crippen LogP contribution in [0.4, 0.5) is 34.1 Å². The zero-order valence-corrected chi connectivity index (χ0v) is 46.7. The van der Waals surface area contributed by atoms with Gasteiger partial charge < -0.3 is 9.80 Å². The topological polar surface area (TPSA) is 6.48 Å². The Morgan fingerprint density at radius 1 is 0.457 bits per heavy atom. The average Bonchev–Trinajstić information content (AvgIpc) is 3.85. The molecular formula is C65H73BN2S2. The van der Waals surface area contributed by atoms with Crippen molar-refractivity contribution in [2.24, 2.45) is 0 Å². The highest BCUT2D eigenvalue weighted by molar-refractivity contribution is 7.40. The molecule has 0 amide bonds. The van der Waals surface area contributed by atoms with E-state index in [9.17, 15) is 0 Å². The van der Waals surface area contributed by atoms with E-state index >= 15 is 0 Å². The molecule has 2 nitrogen and oxygen atoms in total.